The Morgan fingerprint density at radius 2 is 2.16 bits per heavy atom. The normalized spacial score (nSPS) is 23.6. The minimum atomic E-state index is 0.454. The summed E-state index contributed by atoms with van der Waals surface area (Å²) < 4.78 is 2.42. The second kappa shape index (κ2) is 4.64. The number of fused-ring (bicyclic) bond motifs is 1. The molecule has 2 heterocycles. The predicted octanol–water partition coefficient (Wildman–Crippen LogP) is 3.39. The molecule has 1 N–H and O–H groups in total. The number of aromatic nitrogens is 2. The molecular weight excluding hydrogens is 234 g/mol. The summed E-state index contributed by atoms with van der Waals surface area (Å²) in [6.45, 7) is 10.0. The average Bonchev–Trinajstić information content (AvgIpc) is 2.91. The Hall–Kier alpha value is -1.35. The number of hydrogen-bond acceptors (Lipinski definition) is 2. The van der Waals surface area contributed by atoms with Gasteiger partial charge in [-0.2, -0.15) is 0 Å². The van der Waals surface area contributed by atoms with Crippen LogP contribution in [0.25, 0.3) is 11.0 Å². The molecule has 0 saturated carbocycles. The van der Waals surface area contributed by atoms with Gasteiger partial charge in [0.15, 0.2) is 0 Å². The molecule has 1 saturated heterocycles. The number of hydrogen-bond donors (Lipinski definition) is 1. The van der Waals surface area contributed by atoms with E-state index in [4.69, 9.17) is 4.98 Å². The first-order valence-corrected chi connectivity index (χ1v) is 7.30. The standard InChI is InChI=1S/C16H23N3/c1-10(2)19-15-6-5-11(3)9-14(15)18-16(19)13-7-8-17-12(13)4/h5-6,9-10,12-13,17H,7-8H2,1-4H3. The van der Waals surface area contributed by atoms with Crippen LogP contribution in [0.4, 0.5) is 0 Å². The first-order chi connectivity index (χ1) is 9.08. The molecule has 0 bridgehead atoms. The predicted molar refractivity (Wildman–Crippen MR) is 79.7 cm³/mol. The summed E-state index contributed by atoms with van der Waals surface area (Å²) in [5.74, 6) is 1.79. The number of nitrogens with one attached hydrogen (secondary N) is 1. The van der Waals surface area contributed by atoms with Gasteiger partial charge in [-0.15, -0.1) is 0 Å². The monoisotopic (exact) mass is 257 g/mol. The zero-order valence-corrected chi connectivity index (χ0v) is 12.3. The van der Waals surface area contributed by atoms with E-state index in [1.165, 1.54) is 23.3 Å². The van der Waals surface area contributed by atoms with Gasteiger partial charge in [0.1, 0.15) is 5.82 Å². The van der Waals surface area contributed by atoms with Gasteiger partial charge in [0, 0.05) is 18.0 Å². The summed E-state index contributed by atoms with van der Waals surface area (Å²) in [5.41, 5.74) is 3.70. The Labute approximate surface area is 115 Å². The highest BCUT2D eigenvalue weighted by Gasteiger charge is 2.29. The fourth-order valence-corrected chi connectivity index (χ4v) is 3.24. The number of nitrogens with zero attached hydrogens (tertiary/aromatic N) is 2. The first-order valence-electron chi connectivity index (χ1n) is 7.30. The lowest BCUT2D eigenvalue weighted by atomic mass is 10.0. The molecule has 3 nitrogen and oxygen atoms in total. The molecule has 3 heteroatoms. The Balaban J connectivity index is 2.19. The Kier molecular flexibility index (Phi) is 3.09. The lowest BCUT2D eigenvalue weighted by Gasteiger charge is -2.19. The van der Waals surface area contributed by atoms with Crippen molar-refractivity contribution >= 4 is 11.0 Å². The summed E-state index contributed by atoms with van der Waals surface area (Å²) in [6.07, 6.45) is 1.19. The summed E-state index contributed by atoms with van der Waals surface area (Å²) in [5, 5.41) is 3.54. The van der Waals surface area contributed by atoms with Crippen LogP contribution in [0, 0.1) is 6.92 Å². The molecule has 1 fully saturated rings. The zero-order chi connectivity index (χ0) is 13.6. The second-order valence-electron chi connectivity index (χ2n) is 6.06. The smallest absolute Gasteiger partial charge is 0.114 e. The highest BCUT2D eigenvalue weighted by molar-refractivity contribution is 5.77. The molecule has 102 valence electrons. The number of rotatable bonds is 2. The van der Waals surface area contributed by atoms with Crippen molar-refractivity contribution in [2.24, 2.45) is 0 Å². The third-order valence-electron chi connectivity index (χ3n) is 4.25. The highest BCUT2D eigenvalue weighted by Crippen LogP contribution is 2.32. The van der Waals surface area contributed by atoms with Crippen LogP contribution < -0.4 is 5.32 Å². The number of aryl methyl sites for hydroxylation is 1. The minimum Gasteiger partial charge on any atom is -0.325 e. The second-order valence-corrected chi connectivity index (χ2v) is 6.06. The van der Waals surface area contributed by atoms with Gasteiger partial charge < -0.3 is 9.88 Å². The van der Waals surface area contributed by atoms with E-state index in [9.17, 15) is 0 Å². The molecular formula is C16H23N3. The molecule has 1 aromatic carbocycles. The largest absolute Gasteiger partial charge is 0.325 e. The molecule has 2 unspecified atom stereocenters. The molecule has 0 spiro atoms. The van der Waals surface area contributed by atoms with E-state index < -0.39 is 0 Å². The van der Waals surface area contributed by atoms with Crippen molar-refractivity contribution < 1.29 is 0 Å². The van der Waals surface area contributed by atoms with Gasteiger partial charge in [0.2, 0.25) is 0 Å². The van der Waals surface area contributed by atoms with Gasteiger partial charge >= 0.3 is 0 Å². The lowest BCUT2D eigenvalue weighted by molar-refractivity contribution is 0.507. The van der Waals surface area contributed by atoms with Gasteiger partial charge in [-0.3, -0.25) is 0 Å². The van der Waals surface area contributed by atoms with E-state index in [1.807, 2.05) is 0 Å². The fourth-order valence-electron chi connectivity index (χ4n) is 3.24. The third-order valence-corrected chi connectivity index (χ3v) is 4.25. The van der Waals surface area contributed by atoms with Crippen LogP contribution >= 0.6 is 0 Å². The van der Waals surface area contributed by atoms with Crippen LogP contribution in [0.2, 0.25) is 0 Å². The summed E-state index contributed by atoms with van der Waals surface area (Å²) >= 11 is 0. The van der Waals surface area contributed by atoms with Gasteiger partial charge in [-0.25, -0.2) is 4.98 Å². The number of benzene rings is 1. The molecule has 19 heavy (non-hydrogen) atoms. The summed E-state index contributed by atoms with van der Waals surface area (Å²) in [4.78, 5) is 4.95. The molecule has 0 radical (unpaired) electrons. The maximum atomic E-state index is 4.95. The van der Waals surface area contributed by atoms with Gasteiger partial charge in [0.05, 0.1) is 11.0 Å². The van der Waals surface area contributed by atoms with Crippen molar-refractivity contribution in [2.75, 3.05) is 6.54 Å². The van der Waals surface area contributed by atoms with E-state index in [-0.39, 0.29) is 0 Å². The van der Waals surface area contributed by atoms with Crippen LogP contribution in [0.5, 0.6) is 0 Å². The van der Waals surface area contributed by atoms with Gasteiger partial charge in [0.25, 0.3) is 0 Å². The number of imidazole rings is 1. The lowest BCUT2D eigenvalue weighted by Crippen LogP contribution is -2.24. The van der Waals surface area contributed by atoms with Crippen LogP contribution in [0.3, 0.4) is 0 Å². The average molecular weight is 257 g/mol. The van der Waals surface area contributed by atoms with E-state index in [0.29, 0.717) is 18.0 Å². The van der Waals surface area contributed by atoms with Crippen LogP contribution in [-0.4, -0.2) is 22.1 Å². The van der Waals surface area contributed by atoms with Crippen molar-refractivity contribution in [1.29, 1.82) is 0 Å². The topological polar surface area (TPSA) is 29.9 Å². The molecule has 2 aromatic rings. The highest BCUT2D eigenvalue weighted by atomic mass is 15.1. The van der Waals surface area contributed by atoms with E-state index >= 15 is 0 Å². The Morgan fingerprint density at radius 3 is 2.79 bits per heavy atom. The first kappa shape index (κ1) is 12.7. The Morgan fingerprint density at radius 1 is 1.37 bits per heavy atom. The minimum absolute atomic E-state index is 0.454. The molecule has 0 aliphatic carbocycles. The van der Waals surface area contributed by atoms with Crippen LogP contribution in [-0.2, 0) is 0 Å². The van der Waals surface area contributed by atoms with Gasteiger partial charge in [-0.1, -0.05) is 6.07 Å². The quantitative estimate of drug-likeness (QED) is 0.893. The molecule has 3 rings (SSSR count). The fraction of sp³-hybridized carbons (Fsp3) is 0.562. The third kappa shape index (κ3) is 2.06. The van der Waals surface area contributed by atoms with Crippen molar-refractivity contribution in [3.05, 3.63) is 29.6 Å². The maximum absolute atomic E-state index is 4.95. The van der Waals surface area contributed by atoms with Gasteiger partial charge in [-0.05, 0) is 58.4 Å². The summed E-state index contributed by atoms with van der Waals surface area (Å²) in [7, 11) is 0. The Bertz CT molecular complexity index is 597. The van der Waals surface area contributed by atoms with E-state index in [2.05, 4.69) is 55.8 Å². The van der Waals surface area contributed by atoms with Crippen LogP contribution in [0.15, 0.2) is 18.2 Å². The van der Waals surface area contributed by atoms with E-state index in [0.717, 1.165) is 12.1 Å². The maximum Gasteiger partial charge on any atom is 0.114 e. The molecule has 0 amide bonds. The van der Waals surface area contributed by atoms with Crippen molar-refractivity contribution in [1.82, 2.24) is 14.9 Å². The molecule has 2 atom stereocenters. The van der Waals surface area contributed by atoms with Crippen molar-refractivity contribution in [3.8, 4) is 0 Å². The molecule has 1 aromatic heterocycles. The van der Waals surface area contributed by atoms with Crippen LogP contribution in [0.1, 0.15) is 50.5 Å². The SMILES string of the molecule is Cc1ccc2c(c1)nc(C1CCNC1C)n2C(C)C. The van der Waals surface area contributed by atoms with E-state index in [1.54, 1.807) is 0 Å². The zero-order valence-electron chi connectivity index (χ0n) is 12.3. The summed E-state index contributed by atoms with van der Waals surface area (Å²) in [6, 6.07) is 7.58. The van der Waals surface area contributed by atoms with Crippen molar-refractivity contribution in [3.63, 3.8) is 0 Å². The molecule has 1 aliphatic heterocycles. The molecule has 1 aliphatic rings. The van der Waals surface area contributed by atoms with Crippen molar-refractivity contribution in [2.45, 2.75) is 52.1 Å².